The van der Waals surface area contributed by atoms with E-state index in [-0.39, 0.29) is 11.0 Å². The molecule has 0 aliphatic heterocycles. The molecule has 0 saturated heterocycles. The maximum absolute atomic E-state index is 12.1. The van der Waals surface area contributed by atoms with E-state index < -0.39 is 0 Å². The Morgan fingerprint density at radius 1 is 1.12 bits per heavy atom. The summed E-state index contributed by atoms with van der Waals surface area (Å²) in [5, 5.41) is 5.88. The molecule has 0 aliphatic carbocycles. The van der Waals surface area contributed by atoms with Crippen LogP contribution in [0, 0.1) is 6.92 Å². The summed E-state index contributed by atoms with van der Waals surface area (Å²) in [5.74, 6) is 0.507. The first kappa shape index (κ1) is 17.7. The number of amides is 1. The summed E-state index contributed by atoms with van der Waals surface area (Å²) in [6.45, 7) is 8.15. The van der Waals surface area contributed by atoms with E-state index in [1.165, 1.54) is 0 Å². The Kier molecular flexibility index (Phi) is 6.09. The summed E-state index contributed by atoms with van der Waals surface area (Å²) < 4.78 is 5.53. The van der Waals surface area contributed by atoms with Gasteiger partial charge in [-0.15, -0.1) is 0 Å². The lowest BCUT2D eigenvalue weighted by atomic mass is 10.1. The molecule has 4 nitrogen and oxygen atoms in total. The molecule has 0 aliphatic rings. The first-order valence-electron chi connectivity index (χ1n) is 7.50. The van der Waals surface area contributed by atoms with Crippen LogP contribution >= 0.6 is 12.2 Å². The summed E-state index contributed by atoms with van der Waals surface area (Å²) >= 11 is 5.17. The van der Waals surface area contributed by atoms with Crippen LogP contribution in [0.25, 0.3) is 0 Å². The predicted octanol–water partition coefficient (Wildman–Crippen LogP) is 4.08. The molecule has 2 rings (SSSR count). The molecule has 2 aromatic rings. The fourth-order valence-corrected chi connectivity index (χ4v) is 2.09. The summed E-state index contributed by atoms with van der Waals surface area (Å²) in [6, 6.07) is 14.6. The molecule has 0 atom stereocenters. The van der Waals surface area contributed by atoms with E-state index >= 15 is 0 Å². The van der Waals surface area contributed by atoms with Crippen LogP contribution in [-0.4, -0.2) is 17.6 Å². The number of benzene rings is 2. The van der Waals surface area contributed by atoms with Crippen LogP contribution in [-0.2, 0) is 0 Å². The van der Waals surface area contributed by atoms with Crippen molar-refractivity contribution >= 4 is 28.9 Å². The number of hydrogen-bond acceptors (Lipinski definition) is 3. The third kappa shape index (κ3) is 5.52. The van der Waals surface area contributed by atoms with Crippen molar-refractivity contribution in [1.82, 2.24) is 5.32 Å². The van der Waals surface area contributed by atoms with Gasteiger partial charge < -0.3 is 10.1 Å². The van der Waals surface area contributed by atoms with Crippen molar-refractivity contribution in [3.05, 3.63) is 71.8 Å². The lowest BCUT2D eigenvalue weighted by Gasteiger charge is -2.11. The van der Waals surface area contributed by atoms with Gasteiger partial charge in [0.15, 0.2) is 5.11 Å². The molecule has 124 valence electrons. The average Bonchev–Trinajstić information content (AvgIpc) is 2.54. The van der Waals surface area contributed by atoms with Crippen LogP contribution in [0.2, 0.25) is 0 Å². The van der Waals surface area contributed by atoms with Gasteiger partial charge in [0.2, 0.25) is 0 Å². The van der Waals surface area contributed by atoms with E-state index in [4.69, 9.17) is 17.0 Å². The van der Waals surface area contributed by atoms with Crippen LogP contribution in [0.3, 0.4) is 0 Å². The smallest absolute Gasteiger partial charge is 0.257 e. The fourth-order valence-electron chi connectivity index (χ4n) is 1.88. The monoisotopic (exact) mass is 340 g/mol. The van der Waals surface area contributed by atoms with Gasteiger partial charge in [-0.05, 0) is 68.0 Å². The minimum atomic E-state index is -0.242. The van der Waals surface area contributed by atoms with E-state index in [1.807, 2.05) is 50.2 Å². The van der Waals surface area contributed by atoms with Gasteiger partial charge in [-0.2, -0.15) is 0 Å². The molecule has 0 spiro atoms. The van der Waals surface area contributed by atoms with Crippen LogP contribution in [0.1, 0.15) is 22.8 Å². The molecule has 0 unspecified atom stereocenters. The average molecular weight is 340 g/mol. The number of carbonyl (C=O) groups is 1. The van der Waals surface area contributed by atoms with Crippen molar-refractivity contribution in [1.29, 1.82) is 0 Å². The summed E-state index contributed by atoms with van der Waals surface area (Å²) in [6.07, 6.45) is 0. The highest BCUT2D eigenvalue weighted by atomic mass is 32.1. The first-order valence-corrected chi connectivity index (χ1v) is 7.91. The minimum absolute atomic E-state index is 0.242. The molecule has 2 N–H and O–H groups in total. The van der Waals surface area contributed by atoms with E-state index in [9.17, 15) is 4.79 Å². The van der Waals surface area contributed by atoms with Gasteiger partial charge in [-0.3, -0.25) is 10.1 Å². The molecule has 0 saturated carbocycles. The third-order valence-electron chi connectivity index (χ3n) is 3.14. The highest BCUT2D eigenvalue weighted by Crippen LogP contribution is 2.16. The van der Waals surface area contributed by atoms with Gasteiger partial charge in [-0.1, -0.05) is 24.3 Å². The number of thiocarbonyl (C=S) groups is 1. The Bertz CT molecular complexity index is 737. The Balaban J connectivity index is 1.88. The van der Waals surface area contributed by atoms with Crippen LogP contribution in [0.5, 0.6) is 5.75 Å². The van der Waals surface area contributed by atoms with Gasteiger partial charge in [0.05, 0.1) is 0 Å². The highest BCUT2D eigenvalue weighted by molar-refractivity contribution is 7.80. The predicted molar refractivity (Wildman–Crippen MR) is 102 cm³/mol. The normalized spacial score (nSPS) is 9.92. The number of ether oxygens (including phenoxy) is 1. The third-order valence-corrected chi connectivity index (χ3v) is 3.34. The lowest BCUT2D eigenvalue weighted by molar-refractivity contribution is 0.0977. The van der Waals surface area contributed by atoms with Gasteiger partial charge in [-0.25, -0.2) is 0 Å². The number of hydrogen-bond donors (Lipinski definition) is 2. The summed E-state index contributed by atoms with van der Waals surface area (Å²) in [7, 11) is 0. The standard InChI is InChI=1S/C19H20N2O2S/c1-13(2)12-23-17-10-8-16(9-11-17)20-19(24)21-18(22)15-6-4-14(3)5-7-15/h4-11H,1,12H2,2-3H3,(H2,20,21,22,24). The molecule has 2 aromatic carbocycles. The molecule has 0 heterocycles. The van der Waals surface area contributed by atoms with Crippen molar-refractivity contribution in [3.63, 3.8) is 0 Å². The SMILES string of the molecule is C=C(C)COc1ccc(NC(=S)NC(=O)c2ccc(C)cc2)cc1. The number of aryl methyl sites for hydroxylation is 1. The maximum Gasteiger partial charge on any atom is 0.257 e. The van der Waals surface area contributed by atoms with Gasteiger partial charge in [0.25, 0.3) is 5.91 Å². The number of nitrogens with one attached hydrogen (secondary N) is 2. The zero-order valence-corrected chi connectivity index (χ0v) is 14.6. The Morgan fingerprint density at radius 2 is 1.75 bits per heavy atom. The molecule has 24 heavy (non-hydrogen) atoms. The number of rotatable bonds is 5. The topological polar surface area (TPSA) is 50.4 Å². The highest BCUT2D eigenvalue weighted by Gasteiger charge is 2.07. The number of anilines is 1. The molecule has 0 bridgehead atoms. The Labute approximate surface area is 147 Å². The second-order valence-electron chi connectivity index (χ2n) is 5.54. The van der Waals surface area contributed by atoms with Crippen molar-refractivity contribution in [2.75, 3.05) is 11.9 Å². The van der Waals surface area contributed by atoms with E-state index in [2.05, 4.69) is 17.2 Å². The van der Waals surface area contributed by atoms with E-state index in [0.29, 0.717) is 12.2 Å². The van der Waals surface area contributed by atoms with Crippen molar-refractivity contribution in [3.8, 4) is 5.75 Å². The molecule has 5 heteroatoms. The van der Waals surface area contributed by atoms with Gasteiger partial charge in [0.1, 0.15) is 12.4 Å². The van der Waals surface area contributed by atoms with Gasteiger partial charge >= 0.3 is 0 Å². The minimum Gasteiger partial charge on any atom is -0.489 e. The van der Waals surface area contributed by atoms with Gasteiger partial charge in [0, 0.05) is 11.3 Å². The molecule has 0 aromatic heterocycles. The molecule has 1 amide bonds. The lowest BCUT2D eigenvalue weighted by Crippen LogP contribution is -2.34. The van der Waals surface area contributed by atoms with Crippen LogP contribution < -0.4 is 15.4 Å². The first-order chi connectivity index (χ1) is 11.4. The van der Waals surface area contributed by atoms with Crippen molar-refractivity contribution in [2.24, 2.45) is 0 Å². The fraction of sp³-hybridized carbons (Fsp3) is 0.158. The quantitative estimate of drug-likeness (QED) is 0.636. The molecular weight excluding hydrogens is 320 g/mol. The Morgan fingerprint density at radius 3 is 2.33 bits per heavy atom. The van der Waals surface area contributed by atoms with Crippen molar-refractivity contribution in [2.45, 2.75) is 13.8 Å². The second-order valence-corrected chi connectivity index (χ2v) is 5.95. The maximum atomic E-state index is 12.1. The zero-order valence-electron chi connectivity index (χ0n) is 13.8. The Hall–Kier alpha value is -2.66. The molecule has 0 radical (unpaired) electrons. The summed E-state index contributed by atoms with van der Waals surface area (Å²) in [4.78, 5) is 12.1. The van der Waals surface area contributed by atoms with Crippen molar-refractivity contribution < 1.29 is 9.53 Å². The zero-order chi connectivity index (χ0) is 17.5. The van der Waals surface area contributed by atoms with E-state index in [0.717, 1.165) is 22.6 Å². The van der Waals surface area contributed by atoms with Crippen LogP contribution in [0.4, 0.5) is 5.69 Å². The number of carbonyl (C=O) groups excluding carboxylic acids is 1. The summed E-state index contributed by atoms with van der Waals surface area (Å²) in [5.41, 5.74) is 3.39. The second kappa shape index (κ2) is 8.26. The van der Waals surface area contributed by atoms with Crippen LogP contribution in [0.15, 0.2) is 60.7 Å². The van der Waals surface area contributed by atoms with E-state index in [1.54, 1.807) is 12.1 Å². The molecule has 0 fully saturated rings. The molecular formula is C19H20N2O2S. The largest absolute Gasteiger partial charge is 0.489 e.